The van der Waals surface area contributed by atoms with E-state index in [1.165, 1.54) is 18.4 Å². The van der Waals surface area contributed by atoms with E-state index in [4.69, 9.17) is 17.4 Å². The van der Waals surface area contributed by atoms with Gasteiger partial charge in [0.15, 0.2) is 0 Å². The number of halogens is 1. The Morgan fingerprint density at radius 2 is 1.57 bits per heavy atom. The maximum absolute atomic E-state index is 6.43. The smallest absolute Gasteiger partial charge is 0.0571 e. The third kappa shape index (κ3) is 2.59. The zero-order valence-corrected chi connectivity index (χ0v) is 12.8. The van der Waals surface area contributed by atoms with Crippen molar-refractivity contribution in [2.75, 3.05) is 0 Å². The van der Waals surface area contributed by atoms with Crippen LogP contribution in [0.15, 0.2) is 54.6 Å². The highest BCUT2D eigenvalue weighted by molar-refractivity contribution is 6.31. The number of hydrogen-bond acceptors (Lipinski definition) is 2. The second-order valence-electron chi connectivity index (χ2n) is 5.85. The van der Waals surface area contributed by atoms with E-state index in [9.17, 15) is 0 Å². The summed E-state index contributed by atoms with van der Waals surface area (Å²) in [5.74, 6) is 5.97. The van der Waals surface area contributed by atoms with Gasteiger partial charge in [0.25, 0.3) is 0 Å². The zero-order chi connectivity index (χ0) is 14.7. The van der Waals surface area contributed by atoms with Gasteiger partial charge in [-0.15, -0.1) is 0 Å². The van der Waals surface area contributed by atoms with Crippen molar-refractivity contribution in [1.29, 1.82) is 0 Å². The van der Waals surface area contributed by atoms with Crippen molar-refractivity contribution in [1.82, 2.24) is 5.43 Å². The van der Waals surface area contributed by atoms with Crippen LogP contribution in [0.5, 0.6) is 0 Å². The van der Waals surface area contributed by atoms with E-state index in [1.54, 1.807) is 0 Å². The van der Waals surface area contributed by atoms with Crippen LogP contribution in [0.25, 0.3) is 0 Å². The lowest BCUT2D eigenvalue weighted by atomic mass is 9.70. The normalized spacial score (nSPS) is 18.6. The molecule has 2 aromatic rings. The van der Waals surface area contributed by atoms with Crippen molar-refractivity contribution in [3.8, 4) is 0 Å². The van der Waals surface area contributed by atoms with E-state index >= 15 is 0 Å². The summed E-state index contributed by atoms with van der Waals surface area (Å²) in [6.45, 7) is 0. The standard InChI is InChI=1S/C18H21ClN2/c19-16-11-5-4-10-15(16)17(21-20)18(12-6-7-13-18)14-8-2-1-3-9-14/h1-5,8-11,17,21H,6-7,12-13,20H2. The fourth-order valence-corrected chi connectivity index (χ4v) is 4.02. The second-order valence-corrected chi connectivity index (χ2v) is 6.26. The Morgan fingerprint density at radius 1 is 0.952 bits per heavy atom. The molecule has 0 saturated heterocycles. The molecule has 3 heteroatoms. The SMILES string of the molecule is NNC(c1ccccc1Cl)C1(c2ccccc2)CCCC1. The summed E-state index contributed by atoms with van der Waals surface area (Å²) in [5, 5.41) is 0.780. The molecule has 2 nitrogen and oxygen atoms in total. The van der Waals surface area contributed by atoms with Crippen molar-refractivity contribution in [3.63, 3.8) is 0 Å². The molecule has 1 fully saturated rings. The third-order valence-electron chi connectivity index (χ3n) is 4.78. The number of nitrogens with two attached hydrogens (primary N) is 1. The van der Waals surface area contributed by atoms with Gasteiger partial charge in [0.2, 0.25) is 0 Å². The van der Waals surface area contributed by atoms with Crippen molar-refractivity contribution in [2.24, 2.45) is 5.84 Å². The molecule has 110 valence electrons. The first-order valence-electron chi connectivity index (χ1n) is 7.54. The zero-order valence-electron chi connectivity index (χ0n) is 12.1. The molecule has 1 saturated carbocycles. The summed E-state index contributed by atoms with van der Waals surface area (Å²) >= 11 is 6.43. The minimum Gasteiger partial charge on any atom is -0.271 e. The number of hydrogen-bond donors (Lipinski definition) is 2. The van der Waals surface area contributed by atoms with Crippen molar-refractivity contribution in [3.05, 3.63) is 70.7 Å². The average molecular weight is 301 g/mol. The van der Waals surface area contributed by atoms with Gasteiger partial charge in [-0.1, -0.05) is 73.0 Å². The van der Waals surface area contributed by atoms with E-state index in [0.29, 0.717) is 0 Å². The van der Waals surface area contributed by atoms with Crippen LogP contribution >= 0.6 is 11.6 Å². The van der Waals surface area contributed by atoms with Crippen LogP contribution in [0.2, 0.25) is 5.02 Å². The Morgan fingerprint density at radius 3 is 2.19 bits per heavy atom. The molecule has 0 amide bonds. The molecule has 1 unspecified atom stereocenters. The van der Waals surface area contributed by atoms with Gasteiger partial charge >= 0.3 is 0 Å². The van der Waals surface area contributed by atoms with Crippen LogP contribution in [0.1, 0.15) is 42.9 Å². The molecule has 0 bridgehead atoms. The van der Waals surface area contributed by atoms with Gasteiger partial charge in [0.1, 0.15) is 0 Å². The van der Waals surface area contributed by atoms with Crippen molar-refractivity contribution >= 4 is 11.6 Å². The minimum atomic E-state index is 0.0288. The minimum absolute atomic E-state index is 0.0288. The van der Waals surface area contributed by atoms with E-state index in [0.717, 1.165) is 23.4 Å². The second kappa shape index (κ2) is 6.18. The van der Waals surface area contributed by atoms with Crippen molar-refractivity contribution < 1.29 is 0 Å². The van der Waals surface area contributed by atoms with E-state index in [1.807, 2.05) is 18.2 Å². The highest BCUT2D eigenvalue weighted by atomic mass is 35.5. The number of hydrazine groups is 1. The Kier molecular flexibility index (Phi) is 4.29. The number of nitrogens with one attached hydrogen (secondary N) is 1. The lowest BCUT2D eigenvalue weighted by Gasteiger charge is -2.38. The Labute approximate surface area is 131 Å². The van der Waals surface area contributed by atoms with Gasteiger partial charge < -0.3 is 0 Å². The van der Waals surface area contributed by atoms with Gasteiger partial charge in [-0.25, -0.2) is 0 Å². The topological polar surface area (TPSA) is 38.0 Å². The highest BCUT2D eigenvalue weighted by Crippen LogP contribution is 2.50. The molecule has 21 heavy (non-hydrogen) atoms. The molecule has 0 heterocycles. The highest BCUT2D eigenvalue weighted by Gasteiger charge is 2.43. The van der Waals surface area contributed by atoms with Crippen LogP contribution in [0.4, 0.5) is 0 Å². The third-order valence-corrected chi connectivity index (χ3v) is 5.12. The van der Waals surface area contributed by atoms with Crippen molar-refractivity contribution in [2.45, 2.75) is 37.1 Å². The van der Waals surface area contributed by atoms with Gasteiger partial charge in [-0.3, -0.25) is 11.3 Å². The molecule has 3 N–H and O–H groups in total. The molecular formula is C18H21ClN2. The van der Waals surface area contributed by atoms with Crippen LogP contribution < -0.4 is 11.3 Å². The monoisotopic (exact) mass is 300 g/mol. The van der Waals surface area contributed by atoms with Crippen LogP contribution in [0, 0.1) is 0 Å². The predicted molar refractivity (Wildman–Crippen MR) is 88.1 cm³/mol. The van der Waals surface area contributed by atoms with E-state index < -0.39 is 0 Å². The Balaban J connectivity index is 2.10. The molecule has 1 aliphatic rings. The van der Waals surface area contributed by atoms with Gasteiger partial charge in [-0.05, 0) is 30.0 Å². The lowest BCUT2D eigenvalue weighted by Crippen LogP contribution is -2.43. The largest absolute Gasteiger partial charge is 0.271 e. The number of benzene rings is 2. The Hall–Kier alpha value is -1.35. The van der Waals surface area contributed by atoms with Gasteiger partial charge in [0, 0.05) is 10.4 Å². The first kappa shape index (κ1) is 14.6. The summed E-state index contributed by atoms with van der Waals surface area (Å²) in [6, 6.07) is 18.8. The summed E-state index contributed by atoms with van der Waals surface area (Å²) in [6.07, 6.45) is 4.74. The fraction of sp³-hybridized carbons (Fsp3) is 0.333. The lowest BCUT2D eigenvalue weighted by molar-refractivity contribution is 0.304. The van der Waals surface area contributed by atoms with E-state index in [2.05, 4.69) is 41.8 Å². The van der Waals surface area contributed by atoms with Crippen LogP contribution in [-0.2, 0) is 5.41 Å². The Bertz CT molecular complexity index is 591. The summed E-state index contributed by atoms with van der Waals surface area (Å²) in [4.78, 5) is 0. The quantitative estimate of drug-likeness (QED) is 0.650. The molecule has 0 aromatic heterocycles. The molecule has 0 aliphatic heterocycles. The predicted octanol–water partition coefficient (Wildman–Crippen LogP) is 4.36. The fourth-order valence-electron chi connectivity index (χ4n) is 3.78. The molecular weight excluding hydrogens is 280 g/mol. The summed E-state index contributed by atoms with van der Waals surface area (Å²) in [5.41, 5.74) is 5.53. The maximum atomic E-state index is 6.43. The van der Waals surface area contributed by atoms with Gasteiger partial charge in [-0.2, -0.15) is 0 Å². The summed E-state index contributed by atoms with van der Waals surface area (Å²) < 4.78 is 0. The van der Waals surface area contributed by atoms with Gasteiger partial charge in [0.05, 0.1) is 6.04 Å². The summed E-state index contributed by atoms with van der Waals surface area (Å²) in [7, 11) is 0. The average Bonchev–Trinajstić information content (AvgIpc) is 3.01. The first-order chi connectivity index (χ1) is 10.3. The van der Waals surface area contributed by atoms with E-state index in [-0.39, 0.29) is 11.5 Å². The molecule has 1 aliphatic carbocycles. The molecule has 0 spiro atoms. The van der Waals surface area contributed by atoms with Crippen LogP contribution in [-0.4, -0.2) is 0 Å². The number of rotatable bonds is 4. The van der Waals surface area contributed by atoms with Crippen LogP contribution in [0.3, 0.4) is 0 Å². The molecule has 1 atom stereocenters. The molecule has 0 radical (unpaired) electrons. The maximum Gasteiger partial charge on any atom is 0.0571 e. The molecule has 2 aromatic carbocycles. The first-order valence-corrected chi connectivity index (χ1v) is 7.92. The molecule has 3 rings (SSSR count).